The zero-order valence-corrected chi connectivity index (χ0v) is 7.88. The summed E-state index contributed by atoms with van der Waals surface area (Å²) in [5.41, 5.74) is 0. The Morgan fingerprint density at radius 3 is 2.36 bits per heavy atom. The van der Waals surface area contributed by atoms with Crippen molar-refractivity contribution in [3.8, 4) is 0 Å². The summed E-state index contributed by atoms with van der Waals surface area (Å²) in [6.45, 7) is 6.84. The molecule has 0 aliphatic heterocycles. The molecular formula is C10H20O. The van der Waals surface area contributed by atoms with E-state index in [-0.39, 0.29) is 6.10 Å². The van der Waals surface area contributed by atoms with Gasteiger partial charge < -0.3 is 5.11 Å². The second kappa shape index (κ2) is 3.57. The van der Waals surface area contributed by atoms with Crippen molar-refractivity contribution in [2.75, 3.05) is 0 Å². The van der Waals surface area contributed by atoms with E-state index in [0.717, 1.165) is 30.6 Å². The number of rotatable bonds is 1. The Hall–Kier alpha value is -0.0400. The van der Waals surface area contributed by atoms with Gasteiger partial charge in [-0.1, -0.05) is 20.8 Å². The van der Waals surface area contributed by atoms with Gasteiger partial charge in [0.05, 0.1) is 6.10 Å². The van der Waals surface area contributed by atoms with Crippen molar-refractivity contribution in [3.05, 3.63) is 0 Å². The van der Waals surface area contributed by atoms with Gasteiger partial charge in [-0.25, -0.2) is 0 Å². The van der Waals surface area contributed by atoms with Crippen LogP contribution in [0.2, 0.25) is 0 Å². The van der Waals surface area contributed by atoms with Gasteiger partial charge >= 0.3 is 0 Å². The van der Waals surface area contributed by atoms with E-state index >= 15 is 0 Å². The fourth-order valence-electron chi connectivity index (χ4n) is 2.26. The maximum Gasteiger partial charge on any atom is 0.0543 e. The Morgan fingerprint density at radius 2 is 1.91 bits per heavy atom. The predicted molar refractivity (Wildman–Crippen MR) is 47.3 cm³/mol. The number of hydrogen-bond donors (Lipinski definition) is 1. The molecule has 1 heteroatoms. The summed E-state index contributed by atoms with van der Waals surface area (Å²) in [6.07, 6.45) is 3.24. The maximum absolute atomic E-state index is 9.45. The quantitative estimate of drug-likeness (QED) is 0.618. The largest absolute Gasteiger partial charge is 0.393 e. The van der Waals surface area contributed by atoms with E-state index in [4.69, 9.17) is 0 Å². The number of hydrogen-bond acceptors (Lipinski definition) is 1. The van der Waals surface area contributed by atoms with Crippen LogP contribution in [-0.2, 0) is 0 Å². The average molecular weight is 156 g/mol. The van der Waals surface area contributed by atoms with E-state index in [1.165, 1.54) is 6.42 Å². The molecule has 1 nitrogen and oxygen atoms in total. The molecule has 3 unspecified atom stereocenters. The lowest BCUT2D eigenvalue weighted by atomic mass is 9.73. The molecule has 1 saturated carbocycles. The Labute approximate surface area is 69.8 Å². The molecule has 0 spiro atoms. The summed E-state index contributed by atoms with van der Waals surface area (Å²) >= 11 is 0. The molecule has 3 atom stereocenters. The van der Waals surface area contributed by atoms with Crippen LogP contribution < -0.4 is 0 Å². The molecule has 0 aromatic heterocycles. The van der Waals surface area contributed by atoms with E-state index in [2.05, 4.69) is 20.8 Å². The highest BCUT2D eigenvalue weighted by molar-refractivity contribution is 4.79. The third kappa shape index (κ3) is 2.19. The first-order chi connectivity index (χ1) is 5.11. The van der Waals surface area contributed by atoms with Crippen LogP contribution in [-0.4, -0.2) is 11.2 Å². The zero-order valence-electron chi connectivity index (χ0n) is 7.88. The van der Waals surface area contributed by atoms with Gasteiger partial charge in [0.25, 0.3) is 0 Å². The van der Waals surface area contributed by atoms with E-state index in [1.54, 1.807) is 0 Å². The fraction of sp³-hybridized carbons (Fsp3) is 1.00. The van der Waals surface area contributed by atoms with Crippen LogP contribution in [0.25, 0.3) is 0 Å². The zero-order chi connectivity index (χ0) is 8.43. The Bertz CT molecular complexity index is 120. The van der Waals surface area contributed by atoms with Gasteiger partial charge in [0, 0.05) is 0 Å². The van der Waals surface area contributed by atoms with Crippen LogP contribution in [0.3, 0.4) is 0 Å². The Morgan fingerprint density at radius 1 is 1.27 bits per heavy atom. The molecule has 0 radical (unpaired) electrons. The highest BCUT2D eigenvalue weighted by atomic mass is 16.3. The molecule has 1 fully saturated rings. The summed E-state index contributed by atoms with van der Waals surface area (Å²) in [7, 11) is 0. The minimum Gasteiger partial charge on any atom is -0.393 e. The van der Waals surface area contributed by atoms with Gasteiger partial charge in [0.1, 0.15) is 0 Å². The molecule has 1 N–H and O–H groups in total. The lowest BCUT2D eigenvalue weighted by Crippen LogP contribution is -2.29. The van der Waals surface area contributed by atoms with E-state index in [0.29, 0.717) is 0 Å². The minimum atomic E-state index is -0.0152. The lowest BCUT2D eigenvalue weighted by Gasteiger charge is -2.34. The molecule has 0 aromatic rings. The van der Waals surface area contributed by atoms with Crippen molar-refractivity contribution in [3.63, 3.8) is 0 Å². The van der Waals surface area contributed by atoms with Gasteiger partial charge in [0.15, 0.2) is 0 Å². The summed E-state index contributed by atoms with van der Waals surface area (Å²) in [5, 5.41) is 9.45. The molecule has 66 valence electrons. The van der Waals surface area contributed by atoms with Crippen molar-refractivity contribution in [2.24, 2.45) is 17.8 Å². The first kappa shape index (κ1) is 9.05. The van der Waals surface area contributed by atoms with Crippen LogP contribution in [0.1, 0.15) is 40.0 Å². The normalized spacial score (nSPS) is 39.5. The van der Waals surface area contributed by atoms with Crippen LogP contribution in [0.5, 0.6) is 0 Å². The highest BCUT2D eigenvalue weighted by Gasteiger charge is 2.28. The highest BCUT2D eigenvalue weighted by Crippen LogP contribution is 2.34. The van der Waals surface area contributed by atoms with Gasteiger partial charge in [-0.2, -0.15) is 0 Å². The SMILES string of the molecule is CC(C)C1CC(O)CCC1C. The third-order valence-electron chi connectivity index (χ3n) is 3.09. The van der Waals surface area contributed by atoms with Crippen LogP contribution in [0.15, 0.2) is 0 Å². The molecule has 1 aliphatic carbocycles. The van der Waals surface area contributed by atoms with Crippen molar-refractivity contribution >= 4 is 0 Å². The van der Waals surface area contributed by atoms with E-state index in [1.807, 2.05) is 0 Å². The van der Waals surface area contributed by atoms with E-state index < -0.39 is 0 Å². The summed E-state index contributed by atoms with van der Waals surface area (Å²) < 4.78 is 0. The first-order valence-corrected chi connectivity index (χ1v) is 4.79. The third-order valence-corrected chi connectivity index (χ3v) is 3.09. The van der Waals surface area contributed by atoms with Crippen molar-refractivity contribution in [1.82, 2.24) is 0 Å². The van der Waals surface area contributed by atoms with Gasteiger partial charge in [-0.15, -0.1) is 0 Å². The molecular weight excluding hydrogens is 136 g/mol. The fourth-order valence-corrected chi connectivity index (χ4v) is 2.26. The predicted octanol–water partition coefficient (Wildman–Crippen LogP) is 2.44. The topological polar surface area (TPSA) is 20.2 Å². The minimum absolute atomic E-state index is 0.0152. The molecule has 1 aliphatic rings. The lowest BCUT2D eigenvalue weighted by molar-refractivity contribution is 0.0554. The summed E-state index contributed by atoms with van der Waals surface area (Å²) in [6, 6.07) is 0. The monoisotopic (exact) mass is 156 g/mol. The maximum atomic E-state index is 9.45. The van der Waals surface area contributed by atoms with Crippen LogP contribution >= 0.6 is 0 Å². The van der Waals surface area contributed by atoms with Crippen molar-refractivity contribution in [2.45, 2.75) is 46.1 Å². The van der Waals surface area contributed by atoms with Gasteiger partial charge in [-0.05, 0) is 37.0 Å². The number of aliphatic hydroxyl groups excluding tert-OH is 1. The van der Waals surface area contributed by atoms with Crippen molar-refractivity contribution in [1.29, 1.82) is 0 Å². The average Bonchev–Trinajstić information content (AvgIpc) is 1.94. The summed E-state index contributed by atoms with van der Waals surface area (Å²) in [4.78, 5) is 0. The summed E-state index contributed by atoms with van der Waals surface area (Å²) in [5.74, 6) is 2.30. The number of aliphatic hydroxyl groups is 1. The van der Waals surface area contributed by atoms with Gasteiger partial charge in [-0.3, -0.25) is 0 Å². The Kier molecular flexibility index (Phi) is 2.94. The van der Waals surface area contributed by atoms with Crippen LogP contribution in [0, 0.1) is 17.8 Å². The molecule has 11 heavy (non-hydrogen) atoms. The van der Waals surface area contributed by atoms with Crippen molar-refractivity contribution < 1.29 is 5.11 Å². The molecule has 0 bridgehead atoms. The van der Waals surface area contributed by atoms with E-state index in [9.17, 15) is 5.11 Å². The molecule has 0 heterocycles. The molecule has 0 amide bonds. The smallest absolute Gasteiger partial charge is 0.0543 e. The second-order valence-corrected chi connectivity index (χ2v) is 4.35. The van der Waals surface area contributed by atoms with Crippen LogP contribution in [0.4, 0.5) is 0 Å². The second-order valence-electron chi connectivity index (χ2n) is 4.35. The standard InChI is InChI=1S/C10H20O/c1-7(2)10-6-9(11)5-4-8(10)3/h7-11H,4-6H2,1-3H3. The van der Waals surface area contributed by atoms with Gasteiger partial charge in [0.2, 0.25) is 0 Å². The first-order valence-electron chi connectivity index (χ1n) is 4.79. The molecule has 1 rings (SSSR count). The molecule has 0 aromatic carbocycles. The molecule has 0 saturated heterocycles. The Balaban J connectivity index is 2.47.